The molecule has 4 rings (SSSR count). The first-order chi connectivity index (χ1) is 21.3. The number of sulfone groups is 1. The molecule has 13 heteroatoms. The molecule has 244 valence electrons. The van der Waals surface area contributed by atoms with E-state index in [4.69, 9.17) is 9.47 Å². The molecule has 1 aliphatic rings. The second-order valence-corrected chi connectivity index (χ2v) is 15.9. The van der Waals surface area contributed by atoms with Crippen LogP contribution >= 0.6 is 0 Å². The van der Waals surface area contributed by atoms with E-state index < -0.39 is 43.8 Å². The number of nitrogens with zero attached hydrogens (tertiary/aromatic N) is 2. The van der Waals surface area contributed by atoms with Gasteiger partial charge >= 0.3 is 0 Å². The van der Waals surface area contributed by atoms with Crippen molar-refractivity contribution in [3.8, 4) is 11.5 Å². The van der Waals surface area contributed by atoms with E-state index in [1.807, 2.05) is 44.2 Å². The van der Waals surface area contributed by atoms with Crippen LogP contribution in [0.15, 0.2) is 77.8 Å². The standard InChI is InChI=1S/C32H41N3O8S2/c1-23(2)19-35(45(40,41)27-12-13-30-31(18-27)43-22-42-30)20-29(36)28(17-25-9-5-4-6-10-25)34-32(37)24(3)21-44(38,39)16-14-26-11-7-8-15-33-26/h4-13,15,18,23-24,28-29,36H,14,16-17,19-22H2,1-3H3,(H,34,37)/t24-,28?,29-/m1/s1. The van der Waals surface area contributed by atoms with Crippen molar-refractivity contribution in [3.63, 3.8) is 0 Å². The van der Waals surface area contributed by atoms with Crippen LogP contribution in [0.3, 0.4) is 0 Å². The Morgan fingerprint density at radius 1 is 0.956 bits per heavy atom. The minimum absolute atomic E-state index is 0.00191. The van der Waals surface area contributed by atoms with E-state index in [2.05, 4.69) is 10.3 Å². The van der Waals surface area contributed by atoms with Gasteiger partial charge < -0.3 is 19.9 Å². The quantitative estimate of drug-likeness (QED) is 0.237. The zero-order chi connectivity index (χ0) is 32.6. The summed E-state index contributed by atoms with van der Waals surface area (Å²) in [4.78, 5) is 17.5. The molecule has 0 bridgehead atoms. The summed E-state index contributed by atoms with van der Waals surface area (Å²) in [6, 6.07) is 17.9. The van der Waals surface area contributed by atoms with Gasteiger partial charge in [-0.3, -0.25) is 9.78 Å². The number of nitrogens with one attached hydrogen (secondary N) is 1. The monoisotopic (exact) mass is 659 g/mol. The van der Waals surface area contributed by atoms with Gasteiger partial charge in [-0.15, -0.1) is 0 Å². The van der Waals surface area contributed by atoms with Crippen molar-refractivity contribution in [2.24, 2.45) is 11.8 Å². The summed E-state index contributed by atoms with van der Waals surface area (Å²) in [5, 5.41) is 14.3. The fourth-order valence-corrected chi connectivity index (χ4v) is 8.26. The lowest BCUT2D eigenvalue weighted by Gasteiger charge is -2.31. The Hall–Kier alpha value is -3.52. The van der Waals surface area contributed by atoms with Crippen LogP contribution in [0.1, 0.15) is 32.0 Å². The van der Waals surface area contributed by atoms with Crippen LogP contribution in [0.4, 0.5) is 0 Å². The Morgan fingerprint density at radius 2 is 1.67 bits per heavy atom. The normalized spacial score (nSPS) is 15.2. The highest BCUT2D eigenvalue weighted by Gasteiger charge is 2.33. The Balaban J connectivity index is 1.50. The first kappa shape index (κ1) is 34.4. The Bertz CT molecular complexity index is 1640. The van der Waals surface area contributed by atoms with Gasteiger partial charge in [-0.2, -0.15) is 4.31 Å². The van der Waals surface area contributed by atoms with E-state index in [1.54, 1.807) is 24.4 Å². The first-order valence-corrected chi connectivity index (χ1v) is 18.1. The number of sulfonamides is 1. The summed E-state index contributed by atoms with van der Waals surface area (Å²) in [5.41, 5.74) is 1.46. The average Bonchev–Trinajstić information content (AvgIpc) is 3.48. The van der Waals surface area contributed by atoms with Gasteiger partial charge in [-0.1, -0.05) is 57.2 Å². The van der Waals surface area contributed by atoms with Crippen LogP contribution < -0.4 is 14.8 Å². The topological polar surface area (TPSA) is 152 Å². The molecule has 1 unspecified atom stereocenters. The van der Waals surface area contributed by atoms with Gasteiger partial charge in [-0.25, -0.2) is 16.8 Å². The lowest BCUT2D eigenvalue weighted by atomic mass is 10.00. The molecule has 0 saturated carbocycles. The Morgan fingerprint density at radius 3 is 2.36 bits per heavy atom. The van der Waals surface area contributed by atoms with E-state index in [0.717, 1.165) is 5.56 Å². The fourth-order valence-electron chi connectivity index (χ4n) is 5.02. The largest absolute Gasteiger partial charge is 0.454 e. The van der Waals surface area contributed by atoms with Crippen LogP contribution in [0, 0.1) is 11.8 Å². The number of fused-ring (bicyclic) bond motifs is 1. The molecule has 1 aromatic heterocycles. The molecule has 1 amide bonds. The van der Waals surface area contributed by atoms with Crippen molar-refractivity contribution < 1.29 is 36.2 Å². The molecule has 0 spiro atoms. The van der Waals surface area contributed by atoms with Crippen molar-refractivity contribution in [2.75, 3.05) is 31.4 Å². The van der Waals surface area contributed by atoms with Crippen molar-refractivity contribution in [1.29, 1.82) is 0 Å². The maximum Gasteiger partial charge on any atom is 0.243 e. The lowest BCUT2D eigenvalue weighted by Crippen LogP contribution is -2.52. The molecule has 45 heavy (non-hydrogen) atoms. The smallest absolute Gasteiger partial charge is 0.243 e. The van der Waals surface area contributed by atoms with E-state index >= 15 is 0 Å². The van der Waals surface area contributed by atoms with Gasteiger partial charge in [0.2, 0.25) is 22.7 Å². The van der Waals surface area contributed by atoms with Crippen molar-refractivity contribution in [1.82, 2.24) is 14.6 Å². The molecule has 0 radical (unpaired) electrons. The number of aromatic nitrogens is 1. The number of aliphatic hydroxyl groups excluding tert-OH is 1. The van der Waals surface area contributed by atoms with Gasteiger partial charge in [0.1, 0.15) is 0 Å². The molecule has 3 aromatic rings. The van der Waals surface area contributed by atoms with Crippen molar-refractivity contribution >= 4 is 25.8 Å². The summed E-state index contributed by atoms with van der Waals surface area (Å²) in [5.74, 6) is -1.29. The molecular formula is C32H41N3O8S2. The summed E-state index contributed by atoms with van der Waals surface area (Å²) >= 11 is 0. The van der Waals surface area contributed by atoms with Gasteiger partial charge in [0.05, 0.1) is 28.5 Å². The lowest BCUT2D eigenvalue weighted by molar-refractivity contribution is -0.125. The summed E-state index contributed by atoms with van der Waals surface area (Å²) in [6.07, 6.45) is 0.714. The van der Waals surface area contributed by atoms with Gasteiger partial charge in [-0.05, 0) is 42.2 Å². The minimum atomic E-state index is -4.08. The first-order valence-electron chi connectivity index (χ1n) is 14.9. The maximum atomic E-state index is 13.8. The average molecular weight is 660 g/mol. The number of aliphatic hydroxyl groups is 1. The molecule has 11 nitrogen and oxygen atoms in total. The summed E-state index contributed by atoms with van der Waals surface area (Å²) < 4.78 is 65.2. The van der Waals surface area contributed by atoms with E-state index in [0.29, 0.717) is 17.2 Å². The van der Waals surface area contributed by atoms with E-state index in [9.17, 15) is 26.7 Å². The highest BCUT2D eigenvalue weighted by atomic mass is 32.2. The van der Waals surface area contributed by atoms with E-state index in [1.165, 1.54) is 29.4 Å². The molecule has 2 aromatic carbocycles. The Kier molecular flexibility index (Phi) is 11.6. The van der Waals surface area contributed by atoms with Crippen LogP contribution in [0.25, 0.3) is 0 Å². The molecule has 0 aliphatic carbocycles. The number of carbonyl (C=O) groups is 1. The third kappa shape index (κ3) is 9.73. The van der Waals surface area contributed by atoms with Gasteiger partial charge in [0, 0.05) is 43.4 Å². The summed E-state index contributed by atoms with van der Waals surface area (Å²) in [7, 11) is -7.67. The third-order valence-electron chi connectivity index (χ3n) is 7.38. The highest BCUT2D eigenvalue weighted by Crippen LogP contribution is 2.35. The number of carbonyl (C=O) groups excluding carboxylic acids is 1. The maximum absolute atomic E-state index is 13.8. The summed E-state index contributed by atoms with van der Waals surface area (Å²) in [6.45, 7) is 5.07. The molecule has 1 aliphatic heterocycles. The molecule has 2 N–H and O–H groups in total. The van der Waals surface area contributed by atoms with Crippen LogP contribution in [0.5, 0.6) is 11.5 Å². The SMILES string of the molecule is CC(C)CN(C[C@@H](O)C(Cc1ccccc1)NC(=O)[C@H](C)CS(=O)(=O)CCc1ccccn1)S(=O)(=O)c1ccc2c(c1)OCO2. The number of amides is 1. The number of aryl methyl sites for hydroxylation is 1. The zero-order valence-corrected chi connectivity index (χ0v) is 27.3. The molecule has 0 saturated heterocycles. The number of ether oxygens (including phenoxy) is 2. The predicted octanol–water partition coefficient (Wildman–Crippen LogP) is 2.84. The number of pyridine rings is 1. The van der Waals surface area contributed by atoms with Crippen LogP contribution in [-0.2, 0) is 37.5 Å². The number of rotatable bonds is 16. The van der Waals surface area contributed by atoms with Crippen molar-refractivity contribution in [3.05, 3.63) is 84.2 Å². The fraction of sp³-hybridized carbons (Fsp3) is 0.438. The van der Waals surface area contributed by atoms with Crippen LogP contribution in [-0.4, -0.2) is 80.7 Å². The van der Waals surface area contributed by atoms with Gasteiger partial charge in [0.25, 0.3) is 0 Å². The van der Waals surface area contributed by atoms with Gasteiger partial charge in [0.15, 0.2) is 21.3 Å². The number of hydrogen-bond donors (Lipinski definition) is 2. The third-order valence-corrected chi connectivity index (χ3v) is 11.0. The second-order valence-electron chi connectivity index (χ2n) is 11.7. The number of hydrogen-bond acceptors (Lipinski definition) is 9. The molecule has 2 heterocycles. The van der Waals surface area contributed by atoms with Crippen molar-refractivity contribution in [2.45, 2.75) is 50.7 Å². The second kappa shape index (κ2) is 15.2. The highest BCUT2D eigenvalue weighted by molar-refractivity contribution is 7.91. The number of benzene rings is 2. The molecule has 3 atom stereocenters. The molecule has 0 fully saturated rings. The predicted molar refractivity (Wildman–Crippen MR) is 170 cm³/mol. The Labute approximate surface area is 265 Å². The van der Waals surface area contributed by atoms with Crippen LogP contribution in [0.2, 0.25) is 0 Å². The molecular weight excluding hydrogens is 618 g/mol. The van der Waals surface area contributed by atoms with E-state index in [-0.39, 0.29) is 55.0 Å². The minimum Gasteiger partial charge on any atom is -0.454 e. The zero-order valence-electron chi connectivity index (χ0n) is 25.7.